The zero-order valence-electron chi connectivity index (χ0n) is 11.5. The molecule has 0 saturated heterocycles. The number of nitrogens with zero attached hydrogens (tertiary/aromatic N) is 1. The van der Waals surface area contributed by atoms with Crippen LogP contribution in [0.3, 0.4) is 0 Å². The van der Waals surface area contributed by atoms with Crippen molar-refractivity contribution in [2.45, 2.75) is 45.7 Å². The Hall–Kier alpha value is -0.540. The first-order chi connectivity index (χ1) is 9.04. The predicted octanol–water partition coefficient (Wildman–Crippen LogP) is 4.64. The summed E-state index contributed by atoms with van der Waals surface area (Å²) in [5, 5.41) is 1.67. The van der Waals surface area contributed by atoms with E-state index >= 15 is 0 Å². The Morgan fingerprint density at radius 1 is 1.37 bits per heavy atom. The van der Waals surface area contributed by atoms with E-state index in [1.54, 1.807) is 0 Å². The van der Waals surface area contributed by atoms with E-state index in [2.05, 4.69) is 15.9 Å². The molecule has 0 aliphatic carbocycles. The fourth-order valence-electron chi connectivity index (χ4n) is 1.91. The lowest BCUT2D eigenvalue weighted by atomic mass is 10.1. The van der Waals surface area contributed by atoms with Crippen LogP contribution in [0.4, 0.5) is 0 Å². The quantitative estimate of drug-likeness (QED) is 0.520. The van der Waals surface area contributed by atoms with Crippen molar-refractivity contribution in [3.8, 4) is 0 Å². The number of rotatable bonds is 7. The van der Waals surface area contributed by atoms with Gasteiger partial charge in [0.15, 0.2) is 0 Å². The number of alkyl halides is 1. The summed E-state index contributed by atoms with van der Waals surface area (Å²) in [6, 6.07) is 7.90. The van der Waals surface area contributed by atoms with Crippen LogP contribution in [0.1, 0.15) is 38.7 Å². The van der Waals surface area contributed by atoms with Gasteiger partial charge in [0.25, 0.3) is 0 Å². The number of halogens is 2. The van der Waals surface area contributed by atoms with Crippen molar-refractivity contribution in [3.05, 3.63) is 34.9 Å². The first kappa shape index (κ1) is 16.5. The summed E-state index contributed by atoms with van der Waals surface area (Å²) in [6.45, 7) is 4.73. The van der Waals surface area contributed by atoms with Crippen molar-refractivity contribution >= 4 is 33.4 Å². The van der Waals surface area contributed by atoms with Crippen LogP contribution < -0.4 is 0 Å². The first-order valence-electron chi connectivity index (χ1n) is 6.64. The fourth-order valence-corrected chi connectivity index (χ4v) is 2.51. The number of hydrogen-bond donors (Lipinski definition) is 0. The van der Waals surface area contributed by atoms with Crippen LogP contribution in [0.15, 0.2) is 24.3 Å². The molecule has 4 heteroatoms. The largest absolute Gasteiger partial charge is 0.336 e. The number of unbranched alkanes of at least 4 members (excludes halogenated alkanes) is 1. The van der Waals surface area contributed by atoms with Crippen LogP contribution in [0.2, 0.25) is 5.02 Å². The molecule has 0 unspecified atom stereocenters. The van der Waals surface area contributed by atoms with E-state index in [9.17, 15) is 4.79 Å². The van der Waals surface area contributed by atoms with E-state index < -0.39 is 0 Å². The molecule has 0 N–H and O–H groups in total. The summed E-state index contributed by atoms with van der Waals surface area (Å²) >= 11 is 9.37. The molecule has 0 aromatic heterocycles. The van der Waals surface area contributed by atoms with Crippen molar-refractivity contribution in [2.24, 2.45) is 0 Å². The van der Waals surface area contributed by atoms with Crippen LogP contribution in [0.25, 0.3) is 0 Å². The maximum Gasteiger partial charge on any atom is 0.223 e. The number of carbonyl (C=O) groups excluding carboxylic acids is 1. The van der Waals surface area contributed by atoms with Crippen LogP contribution in [0, 0.1) is 0 Å². The molecule has 0 saturated carbocycles. The van der Waals surface area contributed by atoms with Gasteiger partial charge in [-0.15, -0.1) is 0 Å². The minimum atomic E-state index is 0.204. The second-order valence-electron chi connectivity index (χ2n) is 4.89. The third-order valence-electron chi connectivity index (χ3n) is 2.96. The fraction of sp³-hybridized carbons (Fsp3) is 0.533. The summed E-state index contributed by atoms with van der Waals surface area (Å²) in [4.78, 5) is 14.1. The lowest BCUT2D eigenvalue weighted by molar-refractivity contribution is -0.133. The first-order valence-corrected chi connectivity index (χ1v) is 8.14. The summed E-state index contributed by atoms with van der Waals surface area (Å²) in [5.74, 6) is 0.218. The van der Waals surface area contributed by atoms with Crippen LogP contribution in [-0.4, -0.2) is 22.2 Å². The van der Waals surface area contributed by atoms with Gasteiger partial charge in [-0.1, -0.05) is 39.7 Å². The molecule has 0 heterocycles. The summed E-state index contributed by atoms with van der Waals surface area (Å²) in [6.07, 6.45) is 2.59. The topological polar surface area (TPSA) is 20.3 Å². The molecule has 1 amide bonds. The van der Waals surface area contributed by atoms with Gasteiger partial charge in [0.1, 0.15) is 0 Å². The van der Waals surface area contributed by atoms with Crippen LogP contribution in [0.5, 0.6) is 0 Å². The van der Waals surface area contributed by atoms with Crippen molar-refractivity contribution in [2.75, 3.05) is 5.33 Å². The average molecular weight is 347 g/mol. The van der Waals surface area contributed by atoms with Gasteiger partial charge < -0.3 is 4.90 Å². The Balaban J connectivity index is 2.64. The van der Waals surface area contributed by atoms with Gasteiger partial charge in [0.2, 0.25) is 5.91 Å². The second-order valence-corrected chi connectivity index (χ2v) is 6.12. The molecule has 0 spiro atoms. The third-order valence-corrected chi connectivity index (χ3v) is 3.76. The zero-order chi connectivity index (χ0) is 14.3. The third kappa shape index (κ3) is 5.96. The van der Waals surface area contributed by atoms with Gasteiger partial charge in [0, 0.05) is 29.4 Å². The molecular weight excluding hydrogens is 326 g/mol. The Morgan fingerprint density at radius 3 is 2.68 bits per heavy atom. The second kappa shape index (κ2) is 8.60. The van der Waals surface area contributed by atoms with E-state index in [1.807, 2.05) is 43.0 Å². The molecule has 1 rings (SSSR count). The van der Waals surface area contributed by atoms with Crippen LogP contribution in [-0.2, 0) is 11.3 Å². The van der Waals surface area contributed by atoms with E-state index in [0.717, 1.165) is 23.7 Å². The summed E-state index contributed by atoms with van der Waals surface area (Å²) in [7, 11) is 0. The maximum absolute atomic E-state index is 12.2. The highest BCUT2D eigenvalue weighted by atomic mass is 79.9. The number of amides is 1. The monoisotopic (exact) mass is 345 g/mol. The Kier molecular flexibility index (Phi) is 7.47. The highest BCUT2D eigenvalue weighted by Gasteiger charge is 2.16. The van der Waals surface area contributed by atoms with E-state index in [-0.39, 0.29) is 11.9 Å². The highest BCUT2D eigenvalue weighted by Crippen LogP contribution is 2.15. The van der Waals surface area contributed by atoms with Crippen molar-refractivity contribution < 1.29 is 4.79 Å². The highest BCUT2D eigenvalue weighted by molar-refractivity contribution is 9.09. The number of hydrogen-bond acceptors (Lipinski definition) is 1. The van der Waals surface area contributed by atoms with E-state index in [1.165, 1.54) is 0 Å². The number of benzene rings is 1. The molecule has 0 fully saturated rings. The molecule has 0 aliphatic heterocycles. The Morgan fingerprint density at radius 2 is 2.11 bits per heavy atom. The number of carbonyl (C=O) groups is 1. The van der Waals surface area contributed by atoms with E-state index in [4.69, 9.17) is 11.6 Å². The van der Waals surface area contributed by atoms with E-state index in [0.29, 0.717) is 18.0 Å². The SMILES string of the molecule is CC(C)N(Cc1cccc(Cl)c1)C(=O)CCCCBr. The normalized spacial score (nSPS) is 10.8. The van der Waals surface area contributed by atoms with Gasteiger partial charge in [-0.2, -0.15) is 0 Å². The molecule has 1 aromatic rings. The van der Waals surface area contributed by atoms with Crippen LogP contribution >= 0.6 is 27.5 Å². The summed E-state index contributed by atoms with van der Waals surface area (Å²) < 4.78 is 0. The van der Waals surface area contributed by atoms with Gasteiger partial charge in [-0.05, 0) is 44.4 Å². The molecule has 1 aromatic carbocycles. The molecule has 106 valence electrons. The minimum Gasteiger partial charge on any atom is -0.336 e. The van der Waals surface area contributed by atoms with Crippen molar-refractivity contribution in [1.29, 1.82) is 0 Å². The standard InChI is InChI=1S/C15H21BrClNO/c1-12(2)18(15(19)8-3-4-9-16)11-13-6-5-7-14(17)10-13/h5-7,10,12H,3-4,8-9,11H2,1-2H3. The summed E-state index contributed by atoms with van der Waals surface area (Å²) in [5.41, 5.74) is 1.08. The zero-order valence-corrected chi connectivity index (χ0v) is 13.9. The molecule has 0 atom stereocenters. The average Bonchev–Trinajstić information content (AvgIpc) is 2.36. The Labute approximate surface area is 129 Å². The lowest BCUT2D eigenvalue weighted by Gasteiger charge is -2.27. The molecule has 2 nitrogen and oxygen atoms in total. The van der Waals surface area contributed by atoms with Gasteiger partial charge in [0.05, 0.1) is 0 Å². The Bertz CT molecular complexity index is 409. The minimum absolute atomic E-state index is 0.204. The lowest BCUT2D eigenvalue weighted by Crippen LogP contribution is -2.36. The molecule has 0 bridgehead atoms. The molecule has 0 aliphatic rings. The van der Waals surface area contributed by atoms with Gasteiger partial charge in [-0.3, -0.25) is 4.79 Å². The molecular formula is C15H21BrClNO. The van der Waals surface area contributed by atoms with Gasteiger partial charge >= 0.3 is 0 Å². The van der Waals surface area contributed by atoms with Crippen molar-refractivity contribution in [1.82, 2.24) is 4.90 Å². The van der Waals surface area contributed by atoms with Gasteiger partial charge in [-0.25, -0.2) is 0 Å². The maximum atomic E-state index is 12.2. The molecule has 19 heavy (non-hydrogen) atoms. The smallest absolute Gasteiger partial charge is 0.223 e. The predicted molar refractivity (Wildman–Crippen MR) is 84.8 cm³/mol. The molecule has 0 radical (unpaired) electrons. The van der Waals surface area contributed by atoms with Crippen molar-refractivity contribution in [3.63, 3.8) is 0 Å².